The van der Waals surface area contributed by atoms with Crippen molar-refractivity contribution in [1.82, 2.24) is 0 Å². The van der Waals surface area contributed by atoms with Gasteiger partial charge >= 0.3 is 5.97 Å². The number of benzene rings is 1. The Morgan fingerprint density at radius 2 is 2.06 bits per heavy atom. The topological polar surface area (TPSA) is 66.6 Å². The maximum Gasteiger partial charge on any atom is 0.337 e. The van der Waals surface area contributed by atoms with Crippen LogP contribution in [0.5, 0.6) is 0 Å². The van der Waals surface area contributed by atoms with Crippen LogP contribution in [-0.2, 0) is 0 Å². The van der Waals surface area contributed by atoms with Gasteiger partial charge in [-0.05, 0) is 37.5 Å². The summed E-state index contributed by atoms with van der Waals surface area (Å²) < 4.78 is 0. The fourth-order valence-corrected chi connectivity index (χ4v) is 2.22. The maximum atomic E-state index is 11.2. The molecule has 0 aromatic heterocycles. The molecule has 3 N–H and O–H groups in total. The normalized spacial score (nSPS) is 17.2. The van der Waals surface area contributed by atoms with E-state index in [4.69, 9.17) is 5.73 Å². The molecule has 2 rings (SSSR count). The molecule has 1 aromatic carbocycles. The van der Waals surface area contributed by atoms with Crippen molar-refractivity contribution in [2.45, 2.75) is 25.8 Å². The highest BCUT2D eigenvalue weighted by molar-refractivity contribution is 5.94. The molecule has 0 saturated carbocycles. The molecule has 92 valence electrons. The van der Waals surface area contributed by atoms with Crippen molar-refractivity contribution in [2.75, 3.05) is 18.0 Å². The zero-order valence-corrected chi connectivity index (χ0v) is 10.0. The van der Waals surface area contributed by atoms with E-state index in [-0.39, 0.29) is 6.04 Å². The average Bonchev–Trinajstić information content (AvgIpc) is 2.29. The molecule has 0 aliphatic carbocycles. The van der Waals surface area contributed by atoms with Crippen LogP contribution < -0.4 is 10.6 Å². The van der Waals surface area contributed by atoms with E-state index >= 15 is 0 Å². The van der Waals surface area contributed by atoms with Crippen LogP contribution in [0.15, 0.2) is 18.2 Å². The number of aryl methyl sites for hydroxylation is 1. The first-order valence-corrected chi connectivity index (χ1v) is 5.92. The number of nitrogens with two attached hydrogens (primary N) is 1. The summed E-state index contributed by atoms with van der Waals surface area (Å²) in [6, 6.07) is 5.72. The first-order chi connectivity index (χ1) is 8.08. The second-order valence-electron chi connectivity index (χ2n) is 4.65. The lowest BCUT2D eigenvalue weighted by molar-refractivity contribution is 0.0697. The van der Waals surface area contributed by atoms with Crippen molar-refractivity contribution in [3.05, 3.63) is 29.3 Å². The first-order valence-electron chi connectivity index (χ1n) is 5.92. The average molecular weight is 234 g/mol. The van der Waals surface area contributed by atoms with Gasteiger partial charge in [0.25, 0.3) is 0 Å². The van der Waals surface area contributed by atoms with Crippen LogP contribution in [0.3, 0.4) is 0 Å². The molecule has 0 atom stereocenters. The molecule has 0 amide bonds. The smallest absolute Gasteiger partial charge is 0.337 e. The maximum absolute atomic E-state index is 11.2. The molecule has 0 bridgehead atoms. The first kappa shape index (κ1) is 11.9. The molecule has 1 aliphatic heterocycles. The summed E-state index contributed by atoms with van der Waals surface area (Å²) in [7, 11) is 0. The van der Waals surface area contributed by atoms with Gasteiger partial charge < -0.3 is 15.7 Å². The van der Waals surface area contributed by atoms with Gasteiger partial charge in [-0.15, -0.1) is 0 Å². The summed E-state index contributed by atoms with van der Waals surface area (Å²) in [5.41, 5.74) is 8.15. The number of anilines is 1. The fraction of sp³-hybridized carbons (Fsp3) is 0.462. The monoisotopic (exact) mass is 234 g/mol. The van der Waals surface area contributed by atoms with Crippen LogP contribution in [0.4, 0.5) is 5.69 Å². The Bertz CT molecular complexity index is 423. The zero-order chi connectivity index (χ0) is 12.4. The molecule has 1 fully saturated rings. The quantitative estimate of drug-likeness (QED) is 0.816. The molecule has 17 heavy (non-hydrogen) atoms. The minimum Gasteiger partial charge on any atom is -0.478 e. The predicted molar refractivity (Wildman–Crippen MR) is 67.6 cm³/mol. The van der Waals surface area contributed by atoms with Gasteiger partial charge in [0.05, 0.1) is 11.3 Å². The van der Waals surface area contributed by atoms with Crippen LogP contribution in [-0.4, -0.2) is 30.2 Å². The van der Waals surface area contributed by atoms with Gasteiger partial charge in [0, 0.05) is 19.1 Å². The minimum atomic E-state index is -0.866. The Morgan fingerprint density at radius 3 is 2.65 bits per heavy atom. The van der Waals surface area contributed by atoms with Gasteiger partial charge in [0.2, 0.25) is 0 Å². The number of carbonyl (C=O) groups is 1. The minimum absolute atomic E-state index is 0.254. The second-order valence-corrected chi connectivity index (χ2v) is 4.65. The highest BCUT2D eigenvalue weighted by Crippen LogP contribution is 2.25. The number of aromatic carboxylic acids is 1. The summed E-state index contributed by atoms with van der Waals surface area (Å²) in [6.07, 6.45) is 1.85. The largest absolute Gasteiger partial charge is 0.478 e. The summed E-state index contributed by atoms with van der Waals surface area (Å²) in [5, 5.41) is 9.19. The van der Waals surface area contributed by atoms with Crippen molar-refractivity contribution >= 4 is 11.7 Å². The van der Waals surface area contributed by atoms with Gasteiger partial charge in [0.15, 0.2) is 0 Å². The van der Waals surface area contributed by atoms with E-state index in [1.54, 1.807) is 6.07 Å². The highest BCUT2D eigenvalue weighted by Gasteiger charge is 2.20. The van der Waals surface area contributed by atoms with E-state index in [1.807, 2.05) is 19.1 Å². The van der Waals surface area contributed by atoms with Crippen molar-refractivity contribution in [1.29, 1.82) is 0 Å². The van der Waals surface area contributed by atoms with Gasteiger partial charge in [0.1, 0.15) is 0 Å². The van der Waals surface area contributed by atoms with E-state index in [2.05, 4.69) is 4.90 Å². The number of rotatable bonds is 2. The van der Waals surface area contributed by atoms with Crippen LogP contribution in [0.1, 0.15) is 28.8 Å². The van der Waals surface area contributed by atoms with E-state index in [0.717, 1.165) is 37.2 Å². The van der Waals surface area contributed by atoms with Crippen molar-refractivity contribution in [3.63, 3.8) is 0 Å². The number of carboxylic acid groups (broad SMARTS) is 1. The van der Waals surface area contributed by atoms with E-state index < -0.39 is 5.97 Å². The van der Waals surface area contributed by atoms with Crippen LogP contribution in [0.25, 0.3) is 0 Å². The molecule has 0 spiro atoms. The summed E-state index contributed by atoms with van der Waals surface area (Å²) in [4.78, 5) is 13.3. The SMILES string of the molecule is Cc1ccc(C(=O)O)c(N2CCC(N)CC2)c1. The number of piperidine rings is 1. The van der Waals surface area contributed by atoms with Crippen molar-refractivity contribution < 1.29 is 9.90 Å². The number of hydrogen-bond donors (Lipinski definition) is 2. The van der Waals surface area contributed by atoms with Crippen molar-refractivity contribution in [3.8, 4) is 0 Å². The van der Waals surface area contributed by atoms with Gasteiger partial charge in [-0.2, -0.15) is 0 Å². The predicted octanol–water partition coefficient (Wildman–Crippen LogP) is 1.62. The Morgan fingerprint density at radius 1 is 1.41 bits per heavy atom. The molecule has 4 nitrogen and oxygen atoms in total. The lowest BCUT2D eigenvalue weighted by Crippen LogP contribution is -2.40. The summed E-state index contributed by atoms with van der Waals surface area (Å²) in [6.45, 7) is 3.65. The van der Waals surface area contributed by atoms with E-state index in [9.17, 15) is 9.90 Å². The Hall–Kier alpha value is -1.55. The van der Waals surface area contributed by atoms with E-state index in [0.29, 0.717) is 5.56 Å². The molecular weight excluding hydrogens is 216 g/mol. The molecule has 1 saturated heterocycles. The highest BCUT2D eigenvalue weighted by atomic mass is 16.4. The number of nitrogens with zero attached hydrogens (tertiary/aromatic N) is 1. The van der Waals surface area contributed by atoms with Crippen LogP contribution in [0.2, 0.25) is 0 Å². The van der Waals surface area contributed by atoms with E-state index in [1.165, 1.54) is 0 Å². The second kappa shape index (κ2) is 4.75. The molecule has 1 aromatic rings. The molecule has 4 heteroatoms. The standard InChI is InChI=1S/C13H18N2O2/c1-9-2-3-11(13(16)17)12(8-9)15-6-4-10(14)5-7-15/h2-3,8,10H,4-7,14H2,1H3,(H,16,17). The molecule has 1 heterocycles. The number of hydrogen-bond acceptors (Lipinski definition) is 3. The third-order valence-corrected chi connectivity index (χ3v) is 3.26. The van der Waals surface area contributed by atoms with Crippen LogP contribution in [0, 0.1) is 6.92 Å². The van der Waals surface area contributed by atoms with Gasteiger partial charge in [-0.3, -0.25) is 0 Å². The lowest BCUT2D eigenvalue weighted by atomic mass is 10.0. The fourth-order valence-electron chi connectivity index (χ4n) is 2.22. The van der Waals surface area contributed by atoms with Crippen LogP contribution >= 0.6 is 0 Å². The zero-order valence-electron chi connectivity index (χ0n) is 10.0. The van der Waals surface area contributed by atoms with Crippen molar-refractivity contribution in [2.24, 2.45) is 5.73 Å². The Labute approximate surface area is 101 Å². The van der Waals surface area contributed by atoms with Gasteiger partial charge in [-0.1, -0.05) is 6.07 Å². The Kier molecular flexibility index (Phi) is 3.33. The third-order valence-electron chi connectivity index (χ3n) is 3.26. The Balaban J connectivity index is 2.30. The molecular formula is C13H18N2O2. The summed E-state index contributed by atoms with van der Waals surface area (Å²) in [5.74, 6) is -0.866. The molecule has 0 radical (unpaired) electrons. The molecule has 1 aliphatic rings. The third kappa shape index (κ3) is 2.58. The number of carboxylic acids is 1. The summed E-state index contributed by atoms with van der Waals surface area (Å²) >= 11 is 0. The molecule has 0 unspecified atom stereocenters. The lowest BCUT2D eigenvalue weighted by Gasteiger charge is -2.33. The van der Waals surface area contributed by atoms with Gasteiger partial charge in [-0.25, -0.2) is 4.79 Å².